The van der Waals surface area contributed by atoms with Crippen LogP contribution in [0.5, 0.6) is 17.2 Å². The number of guanidine groups is 1. The minimum Gasteiger partial charge on any atom is -0.497 e. The van der Waals surface area contributed by atoms with E-state index in [0.29, 0.717) is 0 Å². The number of halogens is 1. The van der Waals surface area contributed by atoms with E-state index < -0.39 is 0 Å². The Hall–Kier alpha value is -2.36. The van der Waals surface area contributed by atoms with E-state index in [0.717, 1.165) is 68.9 Å². The van der Waals surface area contributed by atoms with Gasteiger partial charge in [-0.15, -0.1) is 24.0 Å². The lowest BCUT2D eigenvalue weighted by Gasteiger charge is -2.37. The standard InChI is InChI=1S/C24H34N4O3.HI/c1-5-25-24(26-13-12-19-6-11-22(30-3)23(18-19)31-4)28-16-14-27(15-17-28)20-7-9-21(29-2)10-8-20;/h6-11,18H,5,12-17H2,1-4H3,(H,25,26);1H. The molecule has 1 fully saturated rings. The molecule has 0 radical (unpaired) electrons. The highest BCUT2D eigenvalue weighted by Gasteiger charge is 2.19. The largest absolute Gasteiger partial charge is 0.497 e. The summed E-state index contributed by atoms with van der Waals surface area (Å²) < 4.78 is 16.0. The van der Waals surface area contributed by atoms with Gasteiger partial charge in [0, 0.05) is 45.0 Å². The molecule has 0 aliphatic carbocycles. The number of piperazine rings is 1. The van der Waals surface area contributed by atoms with Gasteiger partial charge in [-0.05, 0) is 55.3 Å². The van der Waals surface area contributed by atoms with Gasteiger partial charge >= 0.3 is 0 Å². The topological polar surface area (TPSA) is 58.6 Å². The summed E-state index contributed by atoms with van der Waals surface area (Å²) in [5.41, 5.74) is 2.41. The number of rotatable bonds is 8. The third kappa shape index (κ3) is 6.82. The van der Waals surface area contributed by atoms with E-state index in [4.69, 9.17) is 19.2 Å². The highest BCUT2D eigenvalue weighted by atomic mass is 127. The SMILES string of the molecule is CCNC(=NCCc1ccc(OC)c(OC)c1)N1CCN(c2ccc(OC)cc2)CC1.I. The normalized spacial score (nSPS) is 13.9. The minimum absolute atomic E-state index is 0. The summed E-state index contributed by atoms with van der Waals surface area (Å²) in [6.07, 6.45) is 0.848. The molecule has 32 heavy (non-hydrogen) atoms. The lowest BCUT2D eigenvalue weighted by molar-refractivity contribution is 0.354. The molecule has 0 amide bonds. The van der Waals surface area contributed by atoms with E-state index in [-0.39, 0.29) is 24.0 Å². The van der Waals surface area contributed by atoms with Crippen LogP contribution in [0.25, 0.3) is 0 Å². The summed E-state index contributed by atoms with van der Waals surface area (Å²) in [5, 5.41) is 3.45. The van der Waals surface area contributed by atoms with Crippen molar-refractivity contribution in [2.45, 2.75) is 13.3 Å². The maximum absolute atomic E-state index is 5.40. The van der Waals surface area contributed by atoms with Crippen molar-refractivity contribution >= 4 is 35.6 Å². The first kappa shape index (κ1) is 25.9. The molecule has 1 heterocycles. The first-order valence-electron chi connectivity index (χ1n) is 10.8. The first-order valence-corrected chi connectivity index (χ1v) is 10.8. The van der Waals surface area contributed by atoms with Crippen LogP contribution in [0.4, 0.5) is 5.69 Å². The van der Waals surface area contributed by atoms with Crippen LogP contribution >= 0.6 is 24.0 Å². The number of nitrogens with one attached hydrogen (secondary N) is 1. The molecule has 0 saturated carbocycles. The molecule has 176 valence electrons. The van der Waals surface area contributed by atoms with Gasteiger partial charge in [0.2, 0.25) is 0 Å². The molecular weight excluding hydrogens is 519 g/mol. The number of hydrogen-bond donors (Lipinski definition) is 1. The van der Waals surface area contributed by atoms with Gasteiger partial charge in [0.05, 0.1) is 21.3 Å². The molecule has 1 aliphatic heterocycles. The van der Waals surface area contributed by atoms with Crippen molar-refractivity contribution < 1.29 is 14.2 Å². The minimum atomic E-state index is 0. The average Bonchev–Trinajstić information content (AvgIpc) is 2.83. The number of nitrogens with zero attached hydrogens (tertiary/aromatic N) is 3. The van der Waals surface area contributed by atoms with Gasteiger partial charge < -0.3 is 29.3 Å². The molecule has 0 aromatic heterocycles. The highest BCUT2D eigenvalue weighted by Crippen LogP contribution is 2.27. The van der Waals surface area contributed by atoms with Crippen LogP contribution in [0.3, 0.4) is 0 Å². The van der Waals surface area contributed by atoms with Crippen molar-refractivity contribution in [3.05, 3.63) is 48.0 Å². The predicted molar refractivity (Wildman–Crippen MR) is 141 cm³/mol. The number of benzene rings is 2. The Bertz CT molecular complexity index is 853. The molecule has 7 nitrogen and oxygen atoms in total. The van der Waals surface area contributed by atoms with Crippen molar-refractivity contribution in [2.75, 3.05) is 65.5 Å². The van der Waals surface area contributed by atoms with Crippen LogP contribution in [0.1, 0.15) is 12.5 Å². The van der Waals surface area contributed by atoms with Crippen LogP contribution in [0, 0.1) is 0 Å². The number of aliphatic imine (C=N–C) groups is 1. The fraction of sp³-hybridized carbons (Fsp3) is 0.458. The molecule has 3 rings (SSSR count). The van der Waals surface area contributed by atoms with Gasteiger partial charge in [0.1, 0.15) is 5.75 Å². The van der Waals surface area contributed by atoms with Crippen LogP contribution in [0.2, 0.25) is 0 Å². The summed E-state index contributed by atoms with van der Waals surface area (Å²) in [5.74, 6) is 3.37. The third-order valence-electron chi connectivity index (χ3n) is 5.46. The molecular formula is C24H35IN4O3. The molecule has 1 N–H and O–H groups in total. The average molecular weight is 554 g/mol. The van der Waals surface area contributed by atoms with Crippen molar-refractivity contribution in [1.82, 2.24) is 10.2 Å². The van der Waals surface area contributed by atoms with E-state index in [1.165, 1.54) is 11.3 Å². The van der Waals surface area contributed by atoms with Gasteiger partial charge in [-0.1, -0.05) is 6.07 Å². The first-order chi connectivity index (χ1) is 15.2. The van der Waals surface area contributed by atoms with Crippen LogP contribution < -0.4 is 24.4 Å². The van der Waals surface area contributed by atoms with E-state index in [2.05, 4.69) is 40.2 Å². The van der Waals surface area contributed by atoms with Gasteiger partial charge in [-0.2, -0.15) is 0 Å². The molecule has 8 heteroatoms. The van der Waals surface area contributed by atoms with Crippen molar-refractivity contribution in [1.29, 1.82) is 0 Å². The zero-order chi connectivity index (χ0) is 22.1. The Morgan fingerprint density at radius 1 is 0.906 bits per heavy atom. The van der Waals surface area contributed by atoms with Gasteiger partial charge in [0.15, 0.2) is 17.5 Å². The quantitative estimate of drug-likeness (QED) is 0.306. The summed E-state index contributed by atoms with van der Waals surface area (Å²) in [6, 6.07) is 14.3. The van der Waals surface area contributed by atoms with Crippen molar-refractivity contribution in [3.8, 4) is 17.2 Å². The molecule has 1 saturated heterocycles. The van der Waals surface area contributed by atoms with Crippen molar-refractivity contribution in [2.24, 2.45) is 4.99 Å². The summed E-state index contributed by atoms with van der Waals surface area (Å²) in [6.45, 7) is 7.49. The molecule has 2 aromatic rings. The second-order valence-corrected chi connectivity index (χ2v) is 7.35. The Balaban J connectivity index is 0.00000363. The van der Waals surface area contributed by atoms with Gasteiger partial charge in [-0.25, -0.2) is 0 Å². The second-order valence-electron chi connectivity index (χ2n) is 7.35. The number of hydrogen-bond acceptors (Lipinski definition) is 5. The van der Waals surface area contributed by atoms with E-state index in [1.54, 1.807) is 21.3 Å². The second kappa shape index (κ2) is 13.2. The highest BCUT2D eigenvalue weighted by molar-refractivity contribution is 14.0. The zero-order valence-electron chi connectivity index (χ0n) is 19.5. The van der Waals surface area contributed by atoms with Crippen LogP contribution in [-0.2, 0) is 6.42 Å². The Morgan fingerprint density at radius 3 is 2.19 bits per heavy atom. The molecule has 0 spiro atoms. The molecule has 0 atom stereocenters. The maximum Gasteiger partial charge on any atom is 0.194 e. The summed E-state index contributed by atoms with van der Waals surface area (Å²) >= 11 is 0. The fourth-order valence-electron chi connectivity index (χ4n) is 3.72. The molecule has 0 unspecified atom stereocenters. The predicted octanol–water partition coefficient (Wildman–Crippen LogP) is 3.66. The monoisotopic (exact) mass is 554 g/mol. The fourth-order valence-corrected chi connectivity index (χ4v) is 3.72. The summed E-state index contributed by atoms with van der Waals surface area (Å²) in [4.78, 5) is 9.63. The van der Waals surface area contributed by atoms with E-state index in [9.17, 15) is 0 Å². The lowest BCUT2D eigenvalue weighted by atomic mass is 10.1. The lowest BCUT2D eigenvalue weighted by Crippen LogP contribution is -2.52. The van der Waals surface area contributed by atoms with Gasteiger partial charge in [-0.3, -0.25) is 4.99 Å². The van der Waals surface area contributed by atoms with E-state index in [1.807, 2.05) is 24.3 Å². The number of anilines is 1. The summed E-state index contributed by atoms with van der Waals surface area (Å²) in [7, 11) is 5.01. The smallest absolute Gasteiger partial charge is 0.194 e. The maximum atomic E-state index is 5.40. The van der Waals surface area contributed by atoms with Gasteiger partial charge in [0.25, 0.3) is 0 Å². The third-order valence-corrected chi connectivity index (χ3v) is 5.46. The van der Waals surface area contributed by atoms with Crippen molar-refractivity contribution in [3.63, 3.8) is 0 Å². The van der Waals surface area contributed by atoms with E-state index >= 15 is 0 Å². The number of ether oxygens (including phenoxy) is 3. The number of methoxy groups -OCH3 is 3. The Morgan fingerprint density at radius 2 is 1.59 bits per heavy atom. The Labute approximate surface area is 208 Å². The van der Waals surface area contributed by atoms with Crippen LogP contribution in [-0.4, -0.2) is 71.5 Å². The molecule has 0 bridgehead atoms. The Kier molecular flexibility index (Phi) is 10.7. The zero-order valence-corrected chi connectivity index (χ0v) is 21.8. The molecule has 2 aromatic carbocycles. The van der Waals surface area contributed by atoms with Crippen LogP contribution in [0.15, 0.2) is 47.5 Å². The molecule has 1 aliphatic rings.